The van der Waals surface area contributed by atoms with Crippen molar-refractivity contribution in [1.82, 2.24) is 5.32 Å². The fourth-order valence-electron chi connectivity index (χ4n) is 2.70. The molecule has 30 heavy (non-hydrogen) atoms. The first kappa shape index (κ1) is 22.5. The number of nitrogens with two attached hydrogens (primary N) is 1. The van der Waals surface area contributed by atoms with Crippen LogP contribution in [0.5, 0.6) is 11.5 Å². The summed E-state index contributed by atoms with van der Waals surface area (Å²) in [4.78, 5) is 23.3. The number of nitrogens with zero attached hydrogens (tertiary/aromatic N) is 1. The van der Waals surface area contributed by atoms with Crippen molar-refractivity contribution in [3.8, 4) is 17.6 Å². The Labute approximate surface area is 176 Å². The lowest BCUT2D eigenvalue weighted by Gasteiger charge is -2.11. The summed E-state index contributed by atoms with van der Waals surface area (Å²) < 4.78 is 10.8. The highest BCUT2D eigenvalue weighted by atomic mass is 16.5. The van der Waals surface area contributed by atoms with Gasteiger partial charge in [-0.05, 0) is 49.1 Å². The van der Waals surface area contributed by atoms with E-state index in [1.165, 1.54) is 11.6 Å². The fraction of sp³-hybridized carbons (Fsp3) is 0.261. The molecule has 0 bridgehead atoms. The molecule has 0 unspecified atom stereocenters. The zero-order valence-electron chi connectivity index (χ0n) is 16.9. The number of carbonyl (C=O) groups is 2. The molecule has 2 rings (SSSR count). The first-order chi connectivity index (χ1) is 14.5. The smallest absolute Gasteiger partial charge is 0.261 e. The molecule has 0 spiro atoms. The molecular weight excluding hydrogens is 382 g/mol. The van der Waals surface area contributed by atoms with Crippen LogP contribution in [0.4, 0.5) is 0 Å². The summed E-state index contributed by atoms with van der Waals surface area (Å²) in [5.41, 5.74) is 6.89. The molecular formula is C23H25N3O4. The normalized spacial score (nSPS) is 10.7. The highest BCUT2D eigenvalue weighted by Gasteiger charge is 2.11. The summed E-state index contributed by atoms with van der Waals surface area (Å²) in [5, 5.41) is 12.1. The number of aryl methyl sites for hydroxylation is 1. The van der Waals surface area contributed by atoms with Gasteiger partial charge in [0.15, 0.2) is 18.1 Å². The van der Waals surface area contributed by atoms with Gasteiger partial charge >= 0.3 is 0 Å². The number of ether oxygens (including phenoxy) is 2. The van der Waals surface area contributed by atoms with Crippen LogP contribution in [0.1, 0.15) is 24.5 Å². The van der Waals surface area contributed by atoms with Crippen LogP contribution in [0.3, 0.4) is 0 Å². The topological polar surface area (TPSA) is 114 Å². The van der Waals surface area contributed by atoms with Gasteiger partial charge < -0.3 is 20.5 Å². The van der Waals surface area contributed by atoms with E-state index >= 15 is 0 Å². The average Bonchev–Trinajstić information content (AvgIpc) is 2.75. The number of rotatable bonds is 11. The Morgan fingerprint density at radius 3 is 2.57 bits per heavy atom. The molecule has 2 amide bonds. The van der Waals surface area contributed by atoms with Crippen molar-refractivity contribution in [3.63, 3.8) is 0 Å². The summed E-state index contributed by atoms with van der Waals surface area (Å²) in [7, 11) is 0. The second-order valence-electron chi connectivity index (χ2n) is 6.41. The molecule has 7 nitrogen and oxygen atoms in total. The maximum atomic E-state index is 12.3. The van der Waals surface area contributed by atoms with Gasteiger partial charge in [-0.25, -0.2) is 0 Å². The molecule has 0 radical (unpaired) electrons. The van der Waals surface area contributed by atoms with Crippen molar-refractivity contribution in [3.05, 3.63) is 65.2 Å². The van der Waals surface area contributed by atoms with Crippen LogP contribution in [0, 0.1) is 11.3 Å². The van der Waals surface area contributed by atoms with Crippen molar-refractivity contribution < 1.29 is 19.1 Å². The highest BCUT2D eigenvalue weighted by Crippen LogP contribution is 2.29. The lowest BCUT2D eigenvalue weighted by molar-refractivity contribution is -0.120. The van der Waals surface area contributed by atoms with Gasteiger partial charge in [0.05, 0.1) is 6.61 Å². The molecule has 0 aliphatic heterocycles. The SMILES string of the molecule is CCOc1cc(/C=C(/C#N)C(=O)NCCCc2ccccc2)ccc1OCC(N)=O. The molecule has 0 saturated carbocycles. The number of benzene rings is 2. The quantitative estimate of drug-likeness (QED) is 0.338. The number of primary amides is 1. The lowest BCUT2D eigenvalue weighted by atomic mass is 10.1. The Morgan fingerprint density at radius 1 is 1.13 bits per heavy atom. The summed E-state index contributed by atoms with van der Waals surface area (Å²) in [6.45, 7) is 2.39. The van der Waals surface area contributed by atoms with Crippen molar-refractivity contribution in [2.75, 3.05) is 19.8 Å². The van der Waals surface area contributed by atoms with Gasteiger partial charge in [0.2, 0.25) is 0 Å². The van der Waals surface area contributed by atoms with Gasteiger partial charge in [-0.1, -0.05) is 36.4 Å². The molecule has 156 valence electrons. The molecule has 0 aromatic heterocycles. The number of hydrogen-bond acceptors (Lipinski definition) is 5. The van der Waals surface area contributed by atoms with Crippen LogP contribution in [-0.2, 0) is 16.0 Å². The monoisotopic (exact) mass is 407 g/mol. The Kier molecular flexibility index (Phi) is 8.94. The van der Waals surface area contributed by atoms with E-state index < -0.39 is 11.8 Å². The summed E-state index contributed by atoms with van der Waals surface area (Å²) >= 11 is 0. The molecule has 0 heterocycles. The van der Waals surface area contributed by atoms with Gasteiger partial charge in [0, 0.05) is 6.54 Å². The Hall–Kier alpha value is -3.79. The molecule has 0 fully saturated rings. The minimum atomic E-state index is -0.600. The van der Waals surface area contributed by atoms with Crippen molar-refractivity contribution in [2.24, 2.45) is 5.73 Å². The molecule has 2 aromatic carbocycles. The van der Waals surface area contributed by atoms with Crippen LogP contribution >= 0.6 is 0 Å². The fourth-order valence-corrected chi connectivity index (χ4v) is 2.70. The molecule has 2 aromatic rings. The maximum absolute atomic E-state index is 12.3. The van der Waals surface area contributed by atoms with Crippen LogP contribution in [0.15, 0.2) is 54.1 Å². The number of nitrogens with one attached hydrogen (secondary N) is 1. The lowest BCUT2D eigenvalue weighted by Crippen LogP contribution is -2.25. The second kappa shape index (κ2) is 11.9. The predicted molar refractivity (Wildman–Crippen MR) is 114 cm³/mol. The van der Waals surface area contributed by atoms with Crippen LogP contribution in [0.25, 0.3) is 6.08 Å². The predicted octanol–water partition coefficient (Wildman–Crippen LogP) is 2.61. The molecule has 0 saturated heterocycles. The van der Waals surface area contributed by atoms with Gasteiger partial charge in [-0.2, -0.15) is 5.26 Å². The van der Waals surface area contributed by atoms with Gasteiger partial charge in [0.1, 0.15) is 11.6 Å². The summed E-state index contributed by atoms with van der Waals surface area (Å²) in [6.07, 6.45) is 3.10. The van der Waals surface area contributed by atoms with E-state index in [-0.39, 0.29) is 12.2 Å². The molecule has 0 aliphatic rings. The van der Waals surface area contributed by atoms with Gasteiger partial charge in [-0.3, -0.25) is 9.59 Å². The third-order valence-corrected chi connectivity index (χ3v) is 4.08. The van der Waals surface area contributed by atoms with E-state index in [1.54, 1.807) is 18.2 Å². The van der Waals surface area contributed by atoms with Crippen LogP contribution < -0.4 is 20.5 Å². The molecule has 0 atom stereocenters. The largest absolute Gasteiger partial charge is 0.490 e. The molecule has 3 N–H and O–H groups in total. The van der Waals surface area contributed by atoms with Crippen molar-refractivity contribution in [1.29, 1.82) is 5.26 Å². The van der Waals surface area contributed by atoms with Crippen LogP contribution in [0.2, 0.25) is 0 Å². The minimum absolute atomic E-state index is 0.0111. The van der Waals surface area contributed by atoms with E-state index in [0.29, 0.717) is 30.2 Å². The second-order valence-corrected chi connectivity index (χ2v) is 6.41. The van der Waals surface area contributed by atoms with E-state index in [4.69, 9.17) is 15.2 Å². The van der Waals surface area contributed by atoms with E-state index in [2.05, 4.69) is 5.32 Å². The van der Waals surface area contributed by atoms with Crippen molar-refractivity contribution >= 4 is 17.9 Å². The van der Waals surface area contributed by atoms with Crippen molar-refractivity contribution in [2.45, 2.75) is 19.8 Å². The molecule has 0 aliphatic carbocycles. The number of hydrogen-bond donors (Lipinski definition) is 2. The molecule has 7 heteroatoms. The standard InChI is InChI=1S/C23H25N3O4/c1-2-29-21-14-18(10-11-20(21)30-16-22(25)27)13-19(15-24)23(28)26-12-6-9-17-7-4-3-5-8-17/h3-5,7-8,10-11,13-14H,2,6,9,12,16H2,1H3,(H2,25,27)(H,26,28)/b19-13-. The highest BCUT2D eigenvalue weighted by molar-refractivity contribution is 6.01. The van der Waals surface area contributed by atoms with Crippen LogP contribution in [-0.4, -0.2) is 31.6 Å². The van der Waals surface area contributed by atoms with E-state index in [1.807, 2.05) is 43.3 Å². The minimum Gasteiger partial charge on any atom is -0.490 e. The third kappa shape index (κ3) is 7.32. The van der Waals surface area contributed by atoms with Gasteiger partial charge in [0.25, 0.3) is 11.8 Å². The zero-order chi connectivity index (χ0) is 21.8. The Balaban J connectivity index is 2.00. The average molecular weight is 407 g/mol. The number of amides is 2. The maximum Gasteiger partial charge on any atom is 0.261 e. The summed E-state index contributed by atoms with van der Waals surface area (Å²) in [6, 6.07) is 16.8. The Bertz CT molecular complexity index is 933. The zero-order valence-corrected chi connectivity index (χ0v) is 16.9. The van der Waals surface area contributed by atoms with Gasteiger partial charge in [-0.15, -0.1) is 0 Å². The number of carbonyl (C=O) groups excluding carboxylic acids is 2. The first-order valence-corrected chi connectivity index (χ1v) is 9.65. The Morgan fingerprint density at radius 2 is 1.90 bits per heavy atom. The van der Waals surface area contributed by atoms with E-state index in [0.717, 1.165) is 12.8 Å². The number of nitriles is 1. The van der Waals surface area contributed by atoms with E-state index in [9.17, 15) is 14.9 Å². The first-order valence-electron chi connectivity index (χ1n) is 9.65. The third-order valence-electron chi connectivity index (χ3n) is 4.08. The summed E-state index contributed by atoms with van der Waals surface area (Å²) in [5.74, 6) is -0.278.